The second-order valence-corrected chi connectivity index (χ2v) is 6.90. The van der Waals surface area contributed by atoms with Gasteiger partial charge < -0.3 is 21.3 Å². The Labute approximate surface area is 165 Å². The Hall–Kier alpha value is -2.33. The van der Waals surface area contributed by atoms with E-state index in [1.807, 2.05) is 0 Å². The van der Waals surface area contributed by atoms with Gasteiger partial charge in [0.1, 0.15) is 17.8 Å². The Morgan fingerprint density at radius 3 is 2.46 bits per heavy atom. The zero-order valence-electron chi connectivity index (χ0n) is 15.1. The fourth-order valence-electron chi connectivity index (χ4n) is 2.95. The van der Waals surface area contributed by atoms with E-state index in [1.54, 1.807) is 0 Å². The number of piperidine rings is 1. The standard InChI is InChI=1S/C17H21ClF3N7/c18-12-8-11(17(19,20)21)9-24-14(12)27-16-13(22)15(25-10-26-16)23-4-7-28-5-2-1-3-6-28/h8-10H,1-7,22H2,(H2,23,24,25,26,27). The summed E-state index contributed by atoms with van der Waals surface area (Å²) in [6.45, 7) is 3.72. The zero-order valence-corrected chi connectivity index (χ0v) is 15.8. The summed E-state index contributed by atoms with van der Waals surface area (Å²) in [6, 6.07) is 0.798. The Balaban J connectivity index is 1.65. The first kappa shape index (κ1) is 20.4. The molecule has 3 rings (SSSR count). The van der Waals surface area contributed by atoms with Crippen LogP contribution in [0.5, 0.6) is 0 Å². The van der Waals surface area contributed by atoms with Crippen LogP contribution < -0.4 is 16.4 Å². The fraction of sp³-hybridized carbons (Fsp3) is 0.471. The van der Waals surface area contributed by atoms with Crippen molar-refractivity contribution in [2.45, 2.75) is 25.4 Å². The van der Waals surface area contributed by atoms with Crippen molar-refractivity contribution in [1.29, 1.82) is 0 Å². The number of hydrogen-bond acceptors (Lipinski definition) is 7. The average molecular weight is 416 g/mol. The predicted molar refractivity (Wildman–Crippen MR) is 103 cm³/mol. The molecule has 1 aliphatic heterocycles. The lowest BCUT2D eigenvalue weighted by molar-refractivity contribution is -0.137. The minimum atomic E-state index is -4.52. The van der Waals surface area contributed by atoms with E-state index in [0.717, 1.165) is 25.7 Å². The Bertz CT molecular complexity index is 810. The summed E-state index contributed by atoms with van der Waals surface area (Å²) in [5.74, 6) is 0.682. The number of halogens is 4. The van der Waals surface area contributed by atoms with E-state index >= 15 is 0 Å². The van der Waals surface area contributed by atoms with Gasteiger partial charge in [0.25, 0.3) is 0 Å². The van der Waals surface area contributed by atoms with Gasteiger partial charge in [-0.3, -0.25) is 0 Å². The quantitative estimate of drug-likeness (QED) is 0.661. The molecule has 0 atom stereocenters. The Morgan fingerprint density at radius 1 is 1.07 bits per heavy atom. The molecule has 0 aromatic carbocycles. The molecule has 1 fully saturated rings. The maximum Gasteiger partial charge on any atom is 0.417 e. The van der Waals surface area contributed by atoms with Crippen LogP contribution in [-0.2, 0) is 6.18 Å². The first-order valence-electron chi connectivity index (χ1n) is 8.91. The van der Waals surface area contributed by atoms with Crippen LogP contribution in [-0.4, -0.2) is 46.0 Å². The van der Waals surface area contributed by atoms with Crippen LogP contribution in [0.15, 0.2) is 18.6 Å². The first-order valence-corrected chi connectivity index (χ1v) is 9.29. The predicted octanol–water partition coefficient (Wildman–Crippen LogP) is 3.77. The van der Waals surface area contributed by atoms with Gasteiger partial charge in [0.2, 0.25) is 0 Å². The lowest BCUT2D eigenvalue weighted by atomic mass is 10.1. The highest BCUT2D eigenvalue weighted by molar-refractivity contribution is 6.33. The number of nitrogens with two attached hydrogens (primary N) is 1. The maximum atomic E-state index is 12.7. The lowest BCUT2D eigenvalue weighted by Gasteiger charge is -2.26. The average Bonchev–Trinajstić information content (AvgIpc) is 2.66. The molecule has 152 valence electrons. The van der Waals surface area contributed by atoms with Gasteiger partial charge in [0, 0.05) is 19.3 Å². The van der Waals surface area contributed by atoms with E-state index in [0.29, 0.717) is 18.6 Å². The van der Waals surface area contributed by atoms with Crippen molar-refractivity contribution in [2.75, 3.05) is 42.5 Å². The van der Waals surface area contributed by atoms with E-state index in [-0.39, 0.29) is 22.3 Å². The smallest absolute Gasteiger partial charge is 0.393 e. The van der Waals surface area contributed by atoms with Crippen molar-refractivity contribution in [2.24, 2.45) is 0 Å². The van der Waals surface area contributed by atoms with Crippen LogP contribution in [0.4, 0.5) is 36.3 Å². The molecule has 0 aliphatic carbocycles. The van der Waals surface area contributed by atoms with Gasteiger partial charge in [0.15, 0.2) is 11.6 Å². The fourth-order valence-corrected chi connectivity index (χ4v) is 3.16. The summed E-state index contributed by atoms with van der Waals surface area (Å²) < 4.78 is 38.2. The van der Waals surface area contributed by atoms with Crippen molar-refractivity contribution in [3.8, 4) is 0 Å². The van der Waals surface area contributed by atoms with Gasteiger partial charge in [0.05, 0.1) is 10.6 Å². The second kappa shape index (κ2) is 8.78. The molecule has 0 bridgehead atoms. The van der Waals surface area contributed by atoms with Crippen LogP contribution in [0.2, 0.25) is 5.02 Å². The SMILES string of the molecule is Nc1c(NCCN2CCCCC2)ncnc1Nc1ncc(C(F)(F)F)cc1Cl. The molecule has 0 saturated carbocycles. The molecule has 11 heteroatoms. The number of aromatic nitrogens is 3. The molecule has 3 heterocycles. The van der Waals surface area contributed by atoms with Crippen LogP contribution in [0.1, 0.15) is 24.8 Å². The minimum absolute atomic E-state index is 0.0272. The summed E-state index contributed by atoms with van der Waals surface area (Å²) in [7, 11) is 0. The molecule has 0 unspecified atom stereocenters. The van der Waals surface area contributed by atoms with Crippen molar-refractivity contribution in [1.82, 2.24) is 19.9 Å². The molecular weight excluding hydrogens is 395 g/mol. The molecule has 0 radical (unpaired) electrons. The zero-order chi connectivity index (χ0) is 20.1. The summed E-state index contributed by atoms with van der Waals surface area (Å²) in [5, 5.41) is 5.74. The highest BCUT2D eigenvalue weighted by Crippen LogP contribution is 2.34. The third-order valence-electron chi connectivity index (χ3n) is 4.46. The van der Waals surface area contributed by atoms with Crippen LogP contribution in [0, 0.1) is 0 Å². The molecule has 2 aromatic rings. The summed E-state index contributed by atoms with van der Waals surface area (Å²) in [6.07, 6.45) is 1.19. The van der Waals surface area contributed by atoms with Crippen molar-refractivity contribution in [3.63, 3.8) is 0 Å². The molecule has 0 amide bonds. The second-order valence-electron chi connectivity index (χ2n) is 6.49. The van der Waals surface area contributed by atoms with Gasteiger partial charge in [-0.15, -0.1) is 0 Å². The van der Waals surface area contributed by atoms with E-state index < -0.39 is 11.7 Å². The van der Waals surface area contributed by atoms with E-state index in [2.05, 4.69) is 30.5 Å². The van der Waals surface area contributed by atoms with E-state index in [1.165, 1.54) is 25.6 Å². The number of likely N-dealkylation sites (tertiary alicyclic amines) is 1. The number of pyridine rings is 1. The number of anilines is 4. The van der Waals surface area contributed by atoms with Crippen molar-refractivity contribution in [3.05, 3.63) is 29.2 Å². The largest absolute Gasteiger partial charge is 0.417 e. The number of hydrogen-bond donors (Lipinski definition) is 3. The molecule has 1 saturated heterocycles. The number of nitrogen functional groups attached to an aromatic ring is 1. The summed E-state index contributed by atoms with van der Waals surface area (Å²) in [4.78, 5) is 14.3. The monoisotopic (exact) mass is 415 g/mol. The number of rotatable bonds is 6. The minimum Gasteiger partial charge on any atom is -0.393 e. The number of nitrogens with zero attached hydrogens (tertiary/aromatic N) is 4. The molecule has 4 N–H and O–H groups in total. The summed E-state index contributed by atoms with van der Waals surface area (Å²) >= 11 is 5.92. The van der Waals surface area contributed by atoms with Gasteiger partial charge in [-0.2, -0.15) is 13.2 Å². The van der Waals surface area contributed by atoms with Gasteiger partial charge in [-0.05, 0) is 32.0 Å². The van der Waals surface area contributed by atoms with Gasteiger partial charge in [-0.25, -0.2) is 15.0 Å². The number of nitrogens with one attached hydrogen (secondary N) is 2. The number of alkyl halides is 3. The Morgan fingerprint density at radius 2 is 1.79 bits per heavy atom. The highest BCUT2D eigenvalue weighted by Gasteiger charge is 2.31. The van der Waals surface area contributed by atoms with Crippen molar-refractivity contribution < 1.29 is 13.2 Å². The molecule has 2 aromatic heterocycles. The third-order valence-corrected chi connectivity index (χ3v) is 4.75. The maximum absolute atomic E-state index is 12.7. The third kappa shape index (κ3) is 5.14. The normalized spacial score (nSPS) is 15.4. The van der Waals surface area contributed by atoms with E-state index in [4.69, 9.17) is 17.3 Å². The summed E-state index contributed by atoms with van der Waals surface area (Å²) in [5.41, 5.74) is 5.39. The van der Waals surface area contributed by atoms with E-state index in [9.17, 15) is 13.2 Å². The molecule has 1 aliphatic rings. The van der Waals surface area contributed by atoms with Crippen LogP contribution in [0.25, 0.3) is 0 Å². The van der Waals surface area contributed by atoms with Crippen LogP contribution >= 0.6 is 11.6 Å². The van der Waals surface area contributed by atoms with Crippen molar-refractivity contribution >= 4 is 34.7 Å². The lowest BCUT2D eigenvalue weighted by Crippen LogP contribution is -2.33. The van der Waals surface area contributed by atoms with Gasteiger partial charge in [-0.1, -0.05) is 18.0 Å². The highest BCUT2D eigenvalue weighted by atomic mass is 35.5. The first-order chi connectivity index (χ1) is 13.3. The molecule has 0 spiro atoms. The topological polar surface area (TPSA) is 92.0 Å². The molecular formula is C17H21ClF3N7. The Kier molecular flexibility index (Phi) is 6.40. The van der Waals surface area contributed by atoms with Crippen LogP contribution in [0.3, 0.4) is 0 Å². The molecule has 28 heavy (non-hydrogen) atoms. The molecule has 7 nitrogen and oxygen atoms in total. The van der Waals surface area contributed by atoms with Gasteiger partial charge >= 0.3 is 6.18 Å².